The SMILES string of the molecule is [C-]#[N+]c1[nH]c(CC)nc1C#N. The van der Waals surface area contributed by atoms with Crippen molar-refractivity contribution in [3.63, 3.8) is 0 Å². The second-order valence-corrected chi connectivity index (χ2v) is 1.96. The van der Waals surface area contributed by atoms with E-state index in [1.165, 1.54) is 0 Å². The van der Waals surface area contributed by atoms with Gasteiger partial charge in [0.15, 0.2) is 11.5 Å². The van der Waals surface area contributed by atoms with Crippen LogP contribution in [0.25, 0.3) is 4.85 Å². The number of hydrogen-bond donors (Lipinski definition) is 1. The van der Waals surface area contributed by atoms with Gasteiger partial charge >= 0.3 is 0 Å². The van der Waals surface area contributed by atoms with Gasteiger partial charge in [0.05, 0.1) is 0 Å². The van der Waals surface area contributed by atoms with Crippen LogP contribution in [0, 0.1) is 17.9 Å². The van der Waals surface area contributed by atoms with E-state index in [4.69, 9.17) is 11.8 Å². The van der Waals surface area contributed by atoms with Gasteiger partial charge in [0.1, 0.15) is 6.07 Å². The lowest BCUT2D eigenvalue weighted by Gasteiger charge is -1.78. The Kier molecular flexibility index (Phi) is 1.89. The van der Waals surface area contributed by atoms with Gasteiger partial charge in [-0.25, -0.2) is 4.98 Å². The molecular formula is C7H6N4. The predicted octanol–water partition coefficient (Wildman–Crippen LogP) is 1.39. The van der Waals surface area contributed by atoms with Crippen molar-refractivity contribution in [2.75, 3.05) is 0 Å². The smallest absolute Gasteiger partial charge is 0.265 e. The third-order valence-electron chi connectivity index (χ3n) is 1.29. The van der Waals surface area contributed by atoms with Crippen molar-refractivity contribution in [2.45, 2.75) is 13.3 Å². The van der Waals surface area contributed by atoms with E-state index in [0.29, 0.717) is 12.2 Å². The molecule has 11 heavy (non-hydrogen) atoms. The zero-order valence-corrected chi connectivity index (χ0v) is 6.05. The fraction of sp³-hybridized carbons (Fsp3) is 0.286. The van der Waals surface area contributed by atoms with Crippen LogP contribution in [-0.2, 0) is 6.42 Å². The number of aromatic amines is 1. The van der Waals surface area contributed by atoms with Gasteiger partial charge in [-0.3, -0.25) is 4.98 Å². The van der Waals surface area contributed by atoms with Crippen LogP contribution >= 0.6 is 0 Å². The molecule has 1 heterocycles. The highest BCUT2D eigenvalue weighted by Crippen LogP contribution is 2.14. The monoisotopic (exact) mass is 146 g/mol. The molecule has 0 unspecified atom stereocenters. The van der Waals surface area contributed by atoms with Crippen molar-refractivity contribution in [2.24, 2.45) is 0 Å². The fourth-order valence-corrected chi connectivity index (χ4v) is 0.738. The first-order valence-corrected chi connectivity index (χ1v) is 3.18. The van der Waals surface area contributed by atoms with Crippen molar-refractivity contribution < 1.29 is 0 Å². The van der Waals surface area contributed by atoms with E-state index in [1.54, 1.807) is 0 Å². The summed E-state index contributed by atoms with van der Waals surface area (Å²) in [4.78, 5) is 9.75. The molecule has 0 aromatic carbocycles. The second kappa shape index (κ2) is 2.85. The van der Waals surface area contributed by atoms with Crippen LogP contribution in [0.5, 0.6) is 0 Å². The van der Waals surface area contributed by atoms with E-state index < -0.39 is 0 Å². The highest BCUT2D eigenvalue weighted by atomic mass is 15.0. The summed E-state index contributed by atoms with van der Waals surface area (Å²) < 4.78 is 0. The maximum Gasteiger partial charge on any atom is 0.265 e. The number of nitriles is 1. The summed E-state index contributed by atoms with van der Waals surface area (Å²) in [5.74, 6) is 0.928. The maximum absolute atomic E-state index is 8.48. The van der Waals surface area contributed by atoms with Gasteiger partial charge in [-0.2, -0.15) is 5.26 Å². The number of aromatic nitrogens is 2. The molecule has 1 rings (SSSR count). The maximum atomic E-state index is 8.48. The number of nitrogens with zero attached hydrogens (tertiary/aromatic N) is 3. The molecule has 0 saturated carbocycles. The minimum absolute atomic E-state index is 0.192. The van der Waals surface area contributed by atoms with Crippen LogP contribution < -0.4 is 0 Å². The van der Waals surface area contributed by atoms with Crippen LogP contribution in [-0.4, -0.2) is 9.97 Å². The first kappa shape index (κ1) is 7.30. The van der Waals surface area contributed by atoms with E-state index in [-0.39, 0.29) is 11.5 Å². The average Bonchev–Trinajstić information content (AvgIpc) is 2.46. The van der Waals surface area contributed by atoms with Gasteiger partial charge in [-0.05, 0) is 0 Å². The highest BCUT2D eigenvalue weighted by Gasteiger charge is 2.07. The summed E-state index contributed by atoms with van der Waals surface area (Å²) in [5.41, 5.74) is 0.192. The van der Waals surface area contributed by atoms with Gasteiger partial charge in [0, 0.05) is 6.42 Å². The Morgan fingerprint density at radius 2 is 2.55 bits per heavy atom. The molecule has 0 radical (unpaired) electrons. The Balaban J connectivity index is 3.18. The van der Waals surface area contributed by atoms with Crippen LogP contribution in [0.3, 0.4) is 0 Å². The van der Waals surface area contributed by atoms with Gasteiger partial charge in [-0.15, -0.1) is 0 Å². The zero-order valence-electron chi connectivity index (χ0n) is 6.05. The molecule has 0 saturated heterocycles. The highest BCUT2D eigenvalue weighted by molar-refractivity contribution is 5.49. The zero-order chi connectivity index (χ0) is 8.27. The summed E-state index contributed by atoms with van der Waals surface area (Å²) in [6, 6.07) is 1.85. The normalized spacial score (nSPS) is 8.64. The fourth-order valence-electron chi connectivity index (χ4n) is 0.738. The van der Waals surface area contributed by atoms with Gasteiger partial charge in [0.25, 0.3) is 5.82 Å². The van der Waals surface area contributed by atoms with Gasteiger partial charge < -0.3 is 4.85 Å². The van der Waals surface area contributed by atoms with E-state index in [0.717, 1.165) is 0 Å². The van der Waals surface area contributed by atoms with Gasteiger partial charge in [0.2, 0.25) is 0 Å². The summed E-state index contributed by atoms with van der Waals surface area (Å²) in [5, 5.41) is 8.48. The Morgan fingerprint density at radius 1 is 1.82 bits per heavy atom. The van der Waals surface area contributed by atoms with Crippen LogP contribution in [0.4, 0.5) is 5.82 Å². The minimum Gasteiger partial charge on any atom is -0.361 e. The average molecular weight is 146 g/mol. The Labute approximate surface area is 64.3 Å². The topological polar surface area (TPSA) is 56.8 Å². The molecule has 4 heteroatoms. The summed E-state index contributed by atoms with van der Waals surface area (Å²) in [6.45, 7) is 8.59. The lowest BCUT2D eigenvalue weighted by Crippen LogP contribution is -1.80. The van der Waals surface area contributed by atoms with Crippen molar-refractivity contribution in [3.05, 3.63) is 22.9 Å². The first-order chi connectivity index (χ1) is 5.31. The predicted molar refractivity (Wildman–Crippen MR) is 38.9 cm³/mol. The molecule has 0 aliphatic carbocycles. The van der Waals surface area contributed by atoms with E-state index in [1.807, 2.05) is 13.0 Å². The Hall–Kier alpha value is -1.81. The third-order valence-corrected chi connectivity index (χ3v) is 1.29. The quantitative estimate of drug-likeness (QED) is 0.608. The molecule has 54 valence electrons. The number of rotatable bonds is 1. The molecule has 0 amide bonds. The lowest BCUT2D eigenvalue weighted by atomic mass is 10.5. The Bertz CT molecular complexity index is 305. The number of aryl methyl sites for hydroxylation is 1. The van der Waals surface area contributed by atoms with E-state index in [2.05, 4.69) is 14.8 Å². The molecule has 0 spiro atoms. The number of hydrogen-bond acceptors (Lipinski definition) is 2. The number of imidazole rings is 1. The Morgan fingerprint density at radius 3 is 2.91 bits per heavy atom. The molecule has 0 fully saturated rings. The molecule has 4 nitrogen and oxygen atoms in total. The molecule has 0 aliphatic heterocycles. The minimum atomic E-state index is 0.192. The summed E-state index contributed by atoms with van der Waals surface area (Å²) >= 11 is 0. The van der Waals surface area contributed by atoms with E-state index in [9.17, 15) is 0 Å². The van der Waals surface area contributed by atoms with Crippen molar-refractivity contribution in [3.8, 4) is 6.07 Å². The van der Waals surface area contributed by atoms with Crippen LogP contribution in [0.15, 0.2) is 0 Å². The van der Waals surface area contributed by atoms with Crippen molar-refractivity contribution >= 4 is 5.82 Å². The molecule has 0 aliphatic rings. The molecule has 1 aromatic heterocycles. The largest absolute Gasteiger partial charge is 0.361 e. The molecule has 0 atom stereocenters. The van der Waals surface area contributed by atoms with Crippen LogP contribution in [0.2, 0.25) is 0 Å². The summed E-state index contributed by atoms with van der Waals surface area (Å²) in [7, 11) is 0. The third kappa shape index (κ3) is 1.20. The summed E-state index contributed by atoms with van der Waals surface area (Å²) in [6.07, 6.45) is 0.712. The molecule has 1 aromatic rings. The van der Waals surface area contributed by atoms with Crippen molar-refractivity contribution in [1.82, 2.24) is 9.97 Å². The number of H-pyrrole nitrogens is 1. The van der Waals surface area contributed by atoms with Gasteiger partial charge in [-0.1, -0.05) is 13.5 Å². The molecule has 1 N–H and O–H groups in total. The first-order valence-electron chi connectivity index (χ1n) is 3.18. The molecule has 0 bridgehead atoms. The number of nitrogens with one attached hydrogen (secondary N) is 1. The van der Waals surface area contributed by atoms with Crippen LogP contribution in [0.1, 0.15) is 18.4 Å². The molecular weight excluding hydrogens is 140 g/mol. The van der Waals surface area contributed by atoms with Crippen molar-refractivity contribution in [1.29, 1.82) is 5.26 Å². The van der Waals surface area contributed by atoms with E-state index >= 15 is 0 Å². The standard InChI is InChI=1S/C7H6N4/c1-3-6-10-5(4-8)7(9-2)11-6/h3H2,1H3,(H,10,11). The lowest BCUT2D eigenvalue weighted by molar-refractivity contribution is 0.988. The second-order valence-electron chi connectivity index (χ2n) is 1.96.